The van der Waals surface area contributed by atoms with Gasteiger partial charge in [0.05, 0.1) is 0 Å². The molecule has 2 rings (SSSR count). The topological polar surface area (TPSA) is 80.9 Å². The summed E-state index contributed by atoms with van der Waals surface area (Å²) in [7, 11) is 0. The van der Waals surface area contributed by atoms with Crippen molar-refractivity contribution in [1.82, 2.24) is 10.2 Å². The molecule has 1 saturated carbocycles. The van der Waals surface area contributed by atoms with Crippen LogP contribution in [0.15, 0.2) is 0 Å². The van der Waals surface area contributed by atoms with Crippen molar-refractivity contribution in [1.29, 1.82) is 0 Å². The van der Waals surface area contributed by atoms with Gasteiger partial charge in [0.15, 0.2) is 0 Å². The van der Waals surface area contributed by atoms with E-state index in [1.807, 2.05) is 6.92 Å². The van der Waals surface area contributed by atoms with Crippen LogP contribution in [-0.4, -0.2) is 21.6 Å². The SMILES string of the molecule is CCc1nnc(NC(=O)CC2(N)CCCCC2)s1. The van der Waals surface area contributed by atoms with Crippen LogP contribution in [0.5, 0.6) is 0 Å². The average molecular weight is 268 g/mol. The lowest BCUT2D eigenvalue weighted by Gasteiger charge is -2.32. The van der Waals surface area contributed by atoms with Gasteiger partial charge in [0.2, 0.25) is 11.0 Å². The van der Waals surface area contributed by atoms with Gasteiger partial charge in [0, 0.05) is 12.0 Å². The number of aryl methyl sites for hydroxylation is 1. The van der Waals surface area contributed by atoms with Crippen molar-refractivity contribution < 1.29 is 4.79 Å². The number of aromatic nitrogens is 2. The summed E-state index contributed by atoms with van der Waals surface area (Å²) in [6, 6.07) is 0. The van der Waals surface area contributed by atoms with Crippen LogP contribution in [-0.2, 0) is 11.2 Å². The molecule has 18 heavy (non-hydrogen) atoms. The molecule has 1 heterocycles. The van der Waals surface area contributed by atoms with Crippen LogP contribution in [0.25, 0.3) is 0 Å². The lowest BCUT2D eigenvalue weighted by Crippen LogP contribution is -2.44. The van der Waals surface area contributed by atoms with Crippen molar-refractivity contribution in [2.75, 3.05) is 5.32 Å². The number of carbonyl (C=O) groups excluding carboxylic acids is 1. The van der Waals surface area contributed by atoms with Crippen LogP contribution in [0.4, 0.5) is 5.13 Å². The maximum Gasteiger partial charge on any atom is 0.228 e. The molecule has 0 aliphatic heterocycles. The van der Waals surface area contributed by atoms with E-state index in [0.717, 1.165) is 37.1 Å². The first-order valence-corrected chi connectivity index (χ1v) is 7.34. The second-order valence-electron chi connectivity index (χ2n) is 5.00. The molecule has 100 valence electrons. The molecule has 3 N–H and O–H groups in total. The molecule has 1 aliphatic rings. The van der Waals surface area contributed by atoms with Gasteiger partial charge in [-0.2, -0.15) is 0 Å². The number of nitrogens with two attached hydrogens (primary N) is 1. The Morgan fingerprint density at radius 2 is 2.11 bits per heavy atom. The van der Waals surface area contributed by atoms with E-state index in [9.17, 15) is 4.79 Å². The van der Waals surface area contributed by atoms with Gasteiger partial charge in [-0.3, -0.25) is 4.79 Å². The number of nitrogens with zero attached hydrogens (tertiary/aromatic N) is 2. The van der Waals surface area contributed by atoms with Gasteiger partial charge in [-0.15, -0.1) is 10.2 Å². The fourth-order valence-electron chi connectivity index (χ4n) is 2.36. The predicted molar refractivity (Wildman–Crippen MR) is 72.5 cm³/mol. The van der Waals surface area contributed by atoms with Crippen molar-refractivity contribution in [3.63, 3.8) is 0 Å². The first-order chi connectivity index (χ1) is 8.61. The Bertz CT molecular complexity index is 412. The van der Waals surface area contributed by atoms with Crippen LogP contribution in [0.1, 0.15) is 50.5 Å². The summed E-state index contributed by atoms with van der Waals surface area (Å²) in [6.07, 6.45) is 6.60. The molecule has 6 heteroatoms. The van der Waals surface area contributed by atoms with Crippen molar-refractivity contribution in [2.45, 2.75) is 57.4 Å². The van der Waals surface area contributed by atoms with Crippen molar-refractivity contribution in [2.24, 2.45) is 5.73 Å². The van der Waals surface area contributed by atoms with Crippen molar-refractivity contribution in [3.8, 4) is 0 Å². The van der Waals surface area contributed by atoms with Gasteiger partial charge >= 0.3 is 0 Å². The molecule has 1 aliphatic carbocycles. The molecule has 0 saturated heterocycles. The predicted octanol–water partition coefficient (Wildman–Crippen LogP) is 2.09. The van der Waals surface area contributed by atoms with Gasteiger partial charge < -0.3 is 11.1 Å². The van der Waals surface area contributed by atoms with Crippen molar-refractivity contribution >= 4 is 22.4 Å². The van der Waals surface area contributed by atoms with Gasteiger partial charge in [-0.05, 0) is 19.3 Å². The number of amides is 1. The Kier molecular flexibility index (Phi) is 4.29. The van der Waals surface area contributed by atoms with Crippen LogP contribution in [0.2, 0.25) is 0 Å². The fraction of sp³-hybridized carbons (Fsp3) is 0.750. The normalized spacial score (nSPS) is 18.6. The molecule has 0 unspecified atom stereocenters. The third-order valence-corrected chi connectivity index (χ3v) is 4.36. The first kappa shape index (κ1) is 13.4. The van der Waals surface area contributed by atoms with Gasteiger partial charge in [-0.25, -0.2) is 0 Å². The standard InChI is InChI=1S/C12H20N4OS/c1-2-10-15-16-11(18-10)14-9(17)8-12(13)6-4-3-5-7-12/h2-8,13H2,1H3,(H,14,16,17). The van der Waals surface area contributed by atoms with E-state index in [1.54, 1.807) is 0 Å². The van der Waals surface area contributed by atoms with E-state index in [4.69, 9.17) is 5.73 Å². The lowest BCUT2D eigenvalue weighted by atomic mass is 9.80. The van der Waals surface area contributed by atoms with E-state index in [2.05, 4.69) is 15.5 Å². The summed E-state index contributed by atoms with van der Waals surface area (Å²) in [5.41, 5.74) is 5.93. The van der Waals surface area contributed by atoms with Gasteiger partial charge in [0.1, 0.15) is 5.01 Å². The minimum absolute atomic E-state index is 0.0433. The van der Waals surface area contributed by atoms with E-state index in [-0.39, 0.29) is 11.4 Å². The van der Waals surface area contributed by atoms with Crippen LogP contribution in [0.3, 0.4) is 0 Å². The first-order valence-electron chi connectivity index (χ1n) is 6.52. The number of hydrogen-bond acceptors (Lipinski definition) is 5. The second kappa shape index (κ2) is 5.75. The Morgan fingerprint density at radius 3 is 2.72 bits per heavy atom. The Balaban J connectivity index is 1.87. The molecule has 1 fully saturated rings. The second-order valence-corrected chi connectivity index (χ2v) is 6.06. The maximum atomic E-state index is 11.9. The number of hydrogen-bond donors (Lipinski definition) is 2. The molecular formula is C12H20N4OS. The lowest BCUT2D eigenvalue weighted by molar-refractivity contribution is -0.117. The number of anilines is 1. The summed E-state index contributed by atoms with van der Waals surface area (Å²) in [5.74, 6) is -0.0433. The number of carbonyl (C=O) groups is 1. The van der Waals surface area contributed by atoms with Crippen molar-refractivity contribution in [3.05, 3.63) is 5.01 Å². The summed E-state index contributed by atoms with van der Waals surface area (Å²) < 4.78 is 0. The monoisotopic (exact) mass is 268 g/mol. The highest BCUT2D eigenvalue weighted by molar-refractivity contribution is 7.15. The molecule has 1 amide bonds. The smallest absolute Gasteiger partial charge is 0.228 e. The minimum atomic E-state index is -0.319. The van der Waals surface area contributed by atoms with Crippen LogP contribution < -0.4 is 11.1 Å². The molecule has 0 radical (unpaired) electrons. The van der Waals surface area contributed by atoms with Crippen LogP contribution in [0, 0.1) is 0 Å². The molecule has 5 nitrogen and oxygen atoms in total. The maximum absolute atomic E-state index is 11.9. The molecule has 0 atom stereocenters. The minimum Gasteiger partial charge on any atom is -0.325 e. The third kappa shape index (κ3) is 3.49. The number of rotatable bonds is 4. The van der Waals surface area contributed by atoms with Gasteiger partial charge in [0.25, 0.3) is 0 Å². The highest BCUT2D eigenvalue weighted by atomic mass is 32.1. The molecule has 1 aromatic heterocycles. The van der Waals surface area contributed by atoms with E-state index >= 15 is 0 Å². The zero-order chi connectivity index (χ0) is 13.0. The zero-order valence-electron chi connectivity index (χ0n) is 10.7. The Labute approximate surface area is 111 Å². The highest BCUT2D eigenvalue weighted by Crippen LogP contribution is 2.29. The fourth-order valence-corrected chi connectivity index (χ4v) is 3.06. The Hall–Kier alpha value is -1.01. The highest BCUT2D eigenvalue weighted by Gasteiger charge is 2.30. The Morgan fingerprint density at radius 1 is 1.39 bits per heavy atom. The third-order valence-electron chi connectivity index (χ3n) is 3.38. The molecule has 0 aromatic carbocycles. The van der Waals surface area contributed by atoms with Gasteiger partial charge in [-0.1, -0.05) is 37.5 Å². The summed E-state index contributed by atoms with van der Waals surface area (Å²) >= 11 is 1.43. The molecule has 1 aromatic rings. The van der Waals surface area contributed by atoms with E-state index in [0.29, 0.717) is 11.6 Å². The summed E-state index contributed by atoms with van der Waals surface area (Å²) in [6.45, 7) is 2.02. The quantitative estimate of drug-likeness (QED) is 0.876. The largest absolute Gasteiger partial charge is 0.325 e. The summed E-state index contributed by atoms with van der Waals surface area (Å²) in [5, 5.41) is 12.2. The van der Waals surface area contributed by atoms with E-state index < -0.39 is 0 Å². The average Bonchev–Trinajstić information content (AvgIpc) is 2.76. The number of nitrogens with one attached hydrogen (secondary N) is 1. The molecule has 0 bridgehead atoms. The summed E-state index contributed by atoms with van der Waals surface area (Å²) in [4.78, 5) is 11.9. The van der Waals surface area contributed by atoms with Crippen LogP contribution >= 0.6 is 11.3 Å². The molecule has 0 spiro atoms. The molecular weight excluding hydrogens is 248 g/mol. The zero-order valence-corrected chi connectivity index (χ0v) is 11.6. The van der Waals surface area contributed by atoms with E-state index in [1.165, 1.54) is 17.8 Å².